The van der Waals surface area contributed by atoms with Crippen LogP contribution in [0.4, 0.5) is 17.1 Å². The highest BCUT2D eigenvalue weighted by Crippen LogP contribution is 2.31. The summed E-state index contributed by atoms with van der Waals surface area (Å²) in [4.78, 5) is 4.32. The normalized spacial score (nSPS) is 10.3. The Balaban J connectivity index is 2.14. The number of nitrogen functional groups attached to an aromatic ring is 1. The summed E-state index contributed by atoms with van der Waals surface area (Å²) >= 11 is 0. The first-order chi connectivity index (χ1) is 10.2. The summed E-state index contributed by atoms with van der Waals surface area (Å²) in [6, 6.07) is 15.5. The maximum Gasteiger partial charge on any atom is 0.0992 e. The molecule has 102 valence electrons. The van der Waals surface area contributed by atoms with Crippen LogP contribution in [0.5, 0.6) is 0 Å². The molecule has 0 radical (unpaired) electrons. The molecule has 0 aliphatic heterocycles. The van der Waals surface area contributed by atoms with Crippen molar-refractivity contribution in [2.45, 2.75) is 6.92 Å². The lowest BCUT2D eigenvalue weighted by molar-refractivity contribution is 1.38. The van der Waals surface area contributed by atoms with E-state index in [-0.39, 0.29) is 0 Å². The van der Waals surface area contributed by atoms with Crippen LogP contribution >= 0.6 is 0 Å². The molecule has 4 nitrogen and oxygen atoms in total. The van der Waals surface area contributed by atoms with E-state index in [1.165, 1.54) is 0 Å². The second-order valence-electron chi connectivity index (χ2n) is 4.87. The third-order valence-electron chi connectivity index (χ3n) is 3.43. The number of nitriles is 1. The molecular formula is C17H14N4. The predicted octanol–water partition coefficient (Wildman–Crippen LogP) is 3.74. The number of nitrogens with one attached hydrogen (secondary N) is 1. The van der Waals surface area contributed by atoms with Crippen molar-refractivity contribution >= 4 is 28.0 Å². The summed E-state index contributed by atoms with van der Waals surface area (Å²) in [6.07, 6.45) is 1.65. The fourth-order valence-corrected chi connectivity index (χ4v) is 2.26. The van der Waals surface area contributed by atoms with Gasteiger partial charge in [0.2, 0.25) is 0 Å². The van der Waals surface area contributed by atoms with Crippen LogP contribution < -0.4 is 11.1 Å². The molecule has 0 atom stereocenters. The van der Waals surface area contributed by atoms with E-state index in [2.05, 4.69) is 16.4 Å². The highest BCUT2D eigenvalue weighted by Gasteiger charge is 2.08. The number of aryl methyl sites for hydroxylation is 1. The number of aromatic nitrogens is 1. The number of pyridine rings is 1. The van der Waals surface area contributed by atoms with Gasteiger partial charge >= 0.3 is 0 Å². The number of anilines is 3. The van der Waals surface area contributed by atoms with E-state index in [1.54, 1.807) is 12.3 Å². The molecule has 1 aromatic heterocycles. The molecule has 0 saturated carbocycles. The molecule has 3 rings (SSSR count). The third-order valence-corrected chi connectivity index (χ3v) is 3.43. The van der Waals surface area contributed by atoms with Crippen molar-refractivity contribution in [1.82, 2.24) is 4.98 Å². The Morgan fingerprint density at radius 3 is 2.81 bits per heavy atom. The fourth-order valence-electron chi connectivity index (χ4n) is 2.26. The molecule has 4 heteroatoms. The predicted molar refractivity (Wildman–Crippen MR) is 85.3 cm³/mol. The first-order valence-corrected chi connectivity index (χ1v) is 6.60. The Bertz CT molecular complexity index is 862. The lowest BCUT2D eigenvalue weighted by Crippen LogP contribution is -2.00. The van der Waals surface area contributed by atoms with Crippen LogP contribution in [0.25, 0.3) is 10.9 Å². The standard InChI is InChI=1S/C17H14N4/c1-11-6-7-12(9-18)8-16(11)21-17-13-4-2-3-5-15(13)20-10-14(17)19/h2-8,10H,19H2,1H3,(H,20,21). The number of nitrogens with zero attached hydrogens (tertiary/aromatic N) is 2. The summed E-state index contributed by atoms with van der Waals surface area (Å²) in [6.45, 7) is 1.99. The van der Waals surface area contributed by atoms with E-state index in [0.29, 0.717) is 11.3 Å². The SMILES string of the molecule is Cc1ccc(C#N)cc1Nc1c(N)cnc2ccccc12. The van der Waals surface area contributed by atoms with E-state index in [4.69, 9.17) is 11.0 Å². The van der Waals surface area contributed by atoms with Crippen LogP contribution in [0.3, 0.4) is 0 Å². The van der Waals surface area contributed by atoms with Crippen LogP contribution in [0, 0.1) is 18.3 Å². The van der Waals surface area contributed by atoms with Crippen LogP contribution in [-0.2, 0) is 0 Å². The zero-order chi connectivity index (χ0) is 14.8. The number of fused-ring (bicyclic) bond motifs is 1. The molecule has 2 aromatic carbocycles. The van der Waals surface area contributed by atoms with Gasteiger partial charge in [0.1, 0.15) is 0 Å². The van der Waals surface area contributed by atoms with E-state index >= 15 is 0 Å². The van der Waals surface area contributed by atoms with Crippen molar-refractivity contribution in [2.75, 3.05) is 11.1 Å². The van der Waals surface area contributed by atoms with Crippen LogP contribution in [0.1, 0.15) is 11.1 Å². The molecule has 0 aliphatic carbocycles. The average molecular weight is 274 g/mol. The lowest BCUT2D eigenvalue weighted by Gasteiger charge is -2.14. The zero-order valence-electron chi connectivity index (χ0n) is 11.6. The minimum atomic E-state index is 0.579. The van der Waals surface area contributed by atoms with Gasteiger partial charge in [0, 0.05) is 11.1 Å². The van der Waals surface area contributed by atoms with E-state index in [9.17, 15) is 0 Å². The number of rotatable bonds is 2. The van der Waals surface area contributed by atoms with E-state index in [1.807, 2.05) is 43.3 Å². The fraction of sp³-hybridized carbons (Fsp3) is 0.0588. The number of nitrogens with two attached hydrogens (primary N) is 1. The summed E-state index contributed by atoms with van der Waals surface area (Å²) in [5.41, 5.74) is 10.9. The molecule has 0 bridgehead atoms. The lowest BCUT2D eigenvalue weighted by atomic mass is 10.1. The van der Waals surface area contributed by atoms with Crippen molar-refractivity contribution in [3.05, 3.63) is 59.8 Å². The minimum Gasteiger partial charge on any atom is -0.396 e. The monoisotopic (exact) mass is 274 g/mol. The molecule has 0 unspecified atom stereocenters. The first-order valence-electron chi connectivity index (χ1n) is 6.60. The van der Waals surface area contributed by atoms with Gasteiger partial charge in [-0.2, -0.15) is 5.26 Å². The topological polar surface area (TPSA) is 74.7 Å². The van der Waals surface area contributed by atoms with Crippen LogP contribution in [0.15, 0.2) is 48.7 Å². The maximum atomic E-state index is 9.03. The summed E-state index contributed by atoms with van der Waals surface area (Å²) < 4.78 is 0. The van der Waals surface area contributed by atoms with Gasteiger partial charge in [0.25, 0.3) is 0 Å². The molecule has 3 N–H and O–H groups in total. The van der Waals surface area contributed by atoms with Crippen molar-refractivity contribution in [1.29, 1.82) is 5.26 Å². The third kappa shape index (κ3) is 2.37. The molecule has 0 saturated heterocycles. The zero-order valence-corrected chi connectivity index (χ0v) is 11.6. The highest BCUT2D eigenvalue weighted by atomic mass is 14.9. The van der Waals surface area contributed by atoms with Crippen molar-refractivity contribution < 1.29 is 0 Å². The Morgan fingerprint density at radius 2 is 2.00 bits per heavy atom. The summed E-state index contributed by atoms with van der Waals surface area (Å²) in [5, 5.41) is 13.3. The second-order valence-corrected chi connectivity index (χ2v) is 4.87. The van der Waals surface area contributed by atoms with E-state index in [0.717, 1.165) is 27.8 Å². The van der Waals surface area contributed by atoms with Crippen molar-refractivity contribution in [2.24, 2.45) is 0 Å². The quantitative estimate of drug-likeness (QED) is 0.746. The average Bonchev–Trinajstić information content (AvgIpc) is 2.52. The van der Waals surface area contributed by atoms with Crippen LogP contribution in [-0.4, -0.2) is 4.98 Å². The van der Waals surface area contributed by atoms with Crippen molar-refractivity contribution in [3.8, 4) is 6.07 Å². The number of hydrogen-bond acceptors (Lipinski definition) is 4. The molecule has 0 fully saturated rings. The Kier molecular flexibility index (Phi) is 3.17. The van der Waals surface area contributed by atoms with Gasteiger partial charge in [-0.05, 0) is 30.7 Å². The second kappa shape index (κ2) is 5.14. The summed E-state index contributed by atoms with van der Waals surface area (Å²) in [5.74, 6) is 0. The molecule has 1 heterocycles. The molecule has 21 heavy (non-hydrogen) atoms. The van der Waals surface area contributed by atoms with Gasteiger partial charge in [-0.3, -0.25) is 4.98 Å². The molecule has 0 amide bonds. The van der Waals surface area contributed by atoms with Gasteiger partial charge in [-0.25, -0.2) is 0 Å². The molecular weight excluding hydrogens is 260 g/mol. The summed E-state index contributed by atoms with van der Waals surface area (Å²) in [7, 11) is 0. The maximum absolute atomic E-state index is 9.03. The van der Waals surface area contributed by atoms with Gasteiger partial charge < -0.3 is 11.1 Å². The first kappa shape index (κ1) is 12.9. The Hall–Kier alpha value is -3.06. The molecule has 0 aliphatic rings. The minimum absolute atomic E-state index is 0.579. The Labute approximate surface area is 122 Å². The smallest absolute Gasteiger partial charge is 0.0992 e. The van der Waals surface area contributed by atoms with E-state index < -0.39 is 0 Å². The van der Waals surface area contributed by atoms with Crippen LogP contribution in [0.2, 0.25) is 0 Å². The largest absolute Gasteiger partial charge is 0.396 e. The molecule has 0 spiro atoms. The number of para-hydroxylation sites is 1. The Morgan fingerprint density at radius 1 is 1.19 bits per heavy atom. The number of hydrogen-bond donors (Lipinski definition) is 2. The number of benzene rings is 2. The van der Waals surface area contributed by atoms with Gasteiger partial charge in [-0.1, -0.05) is 24.3 Å². The van der Waals surface area contributed by atoms with Crippen molar-refractivity contribution in [3.63, 3.8) is 0 Å². The van der Waals surface area contributed by atoms with Gasteiger partial charge in [-0.15, -0.1) is 0 Å². The van der Waals surface area contributed by atoms with Gasteiger partial charge in [0.05, 0.1) is 34.7 Å². The molecule has 3 aromatic rings. The highest BCUT2D eigenvalue weighted by molar-refractivity contribution is 5.98. The van der Waals surface area contributed by atoms with Gasteiger partial charge in [0.15, 0.2) is 0 Å².